The molecule has 2 atom stereocenters. The topological polar surface area (TPSA) is 58.6 Å². The monoisotopic (exact) mass is 354 g/mol. The highest BCUT2D eigenvalue weighted by atomic mass is 79.9. The third-order valence-electron chi connectivity index (χ3n) is 3.72. The van der Waals surface area contributed by atoms with Crippen LogP contribution in [0.4, 0.5) is 5.69 Å². The van der Waals surface area contributed by atoms with E-state index in [4.69, 9.17) is 4.74 Å². The molecule has 0 bridgehead atoms. The highest BCUT2D eigenvalue weighted by molar-refractivity contribution is 9.10. The molecule has 0 saturated carbocycles. The van der Waals surface area contributed by atoms with E-state index in [-0.39, 0.29) is 24.3 Å². The van der Waals surface area contributed by atoms with Gasteiger partial charge in [0.25, 0.3) is 5.91 Å². The summed E-state index contributed by atoms with van der Waals surface area (Å²) in [4.78, 5) is 25.8. The number of carbonyl (C=O) groups is 2. The number of carbonyl (C=O) groups excluding carboxylic acids is 2. The van der Waals surface area contributed by atoms with Crippen molar-refractivity contribution in [1.82, 2.24) is 4.90 Å². The van der Waals surface area contributed by atoms with Crippen molar-refractivity contribution < 1.29 is 14.3 Å². The first-order valence-electron chi connectivity index (χ1n) is 6.93. The molecule has 2 rings (SSSR count). The highest BCUT2D eigenvalue weighted by Crippen LogP contribution is 2.30. The van der Waals surface area contributed by atoms with E-state index in [9.17, 15) is 9.59 Å². The number of hydrogen-bond acceptors (Lipinski definition) is 4. The number of methoxy groups -OCH3 is 1. The quantitative estimate of drug-likeness (QED) is 0.826. The molecule has 2 unspecified atom stereocenters. The second-order valence-electron chi connectivity index (χ2n) is 5.11. The third-order valence-corrected chi connectivity index (χ3v) is 4.41. The number of rotatable bonds is 5. The Morgan fingerprint density at radius 1 is 1.48 bits per heavy atom. The summed E-state index contributed by atoms with van der Waals surface area (Å²) in [6, 6.07) is 4.88. The van der Waals surface area contributed by atoms with Gasteiger partial charge in [0, 0.05) is 16.6 Å². The third kappa shape index (κ3) is 3.20. The molecule has 5 nitrogen and oxygen atoms in total. The maximum atomic E-state index is 12.4. The van der Waals surface area contributed by atoms with Gasteiger partial charge in [-0.2, -0.15) is 0 Å². The molecule has 0 spiro atoms. The van der Waals surface area contributed by atoms with Crippen LogP contribution in [0.5, 0.6) is 5.75 Å². The number of ether oxygens (including phenoxy) is 1. The Hall–Kier alpha value is -1.56. The molecule has 1 aromatic rings. The Morgan fingerprint density at radius 3 is 2.81 bits per heavy atom. The summed E-state index contributed by atoms with van der Waals surface area (Å²) in [6.45, 7) is 3.85. The summed E-state index contributed by atoms with van der Waals surface area (Å²) in [6.07, 6.45) is 0.944. The molecule has 0 radical (unpaired) electrons. The predicted molar refractivity (Wildman–Crippen MR) is 84.3 cm³/mol. The van der Waals surface area contributed by atoms with Gasteiger partial charge in [-0.05, 0) is 41.4 Å². The minimum absolute atomic E-state index is 0.0643. The van der Waals surface area contributed by atoms with Crippen LogP contribution in [0.1, 0.15) is 26.7 Å². The average Bonchev–Trinajstić information content (AvgIpc) is 2.75. The van der Waals surface area contributed by atoms with Gasteiger partial charge in [-0.3, -0.25) is 14.5 Å². The van der Waals surface area contributed by atoms with Gasteiger partial charge < -0.3 is 10.1 Å². The van der Waals surface area contributed by atoms with Gasteiger partial charge in [0.15, 0.2) is 0 Å². The van der Waals surface area contributed by atoms with Gasteiger partial charge in [-0.25, -0.2) is 0 Å². The fourth-order valence-electron chi connectivity index (χ4n) is 2.34. The first-order chi connectivity index (χ1) is 9.97. The Balaban J connectivity index is 2.18. The molecule has 114 valence electrons. The summed E-state index contributed by atoms with van der Waals surface area (Å²) >= 11 is 3.43. The molecule has 1 saturated heterocycles. The number of likely N-dealkylation sites (tertiary alicyclic amines) is 1. The second kappa shape index (κ2) is 6.47. The second-order valence-corrected chi connectivity index (χ2v) is 5.96. The fraction of sp³-hybridized carbons (Fsp3) is 0.467. The normalized spacial score (nSPS) is 19.8. The zero-order valence-corrected chi connectivity index (χ0v) is 13.9. The zero-order chi connectivity index (χ0) is 15.6. The number of nitrogens with one attached hydrogen (secondary N) is 1. The first kappa shape index (κ1) is 15.8. The first-order valence-corrected chi connectivity index (χ1v) is 7.73. The van der Waals surface area contributed by atoms with E-state index in [1.54, 1.807) is 13.2 Å². The number of hydrogen-bond donors (Lipinski definition) is 1. The number of halogens is 1. The lowest BCUT2D eigenvalue weighted by atomic mass is 10.2. The van der Waals surface area contributed by atoms with Crippen molar-refractivity contribution in [3.05, 3.63) is 22.7 Å². The van der Waals surface area contributed by atoms with Crippen molar-refractivity contribution in [1.29, 1.82) is 0 Å². The Morgan fingerprint density at radius 2 is 2.19 bits per heavy atom. The molecule has 1 aromatic carbocycles. The molecule has 1 aliphatic heterocycles. The lowest BCUT2D eigenvalue weighted by molar-refractivity contribution is -0.140. The summed E-state index contributed by atoms with van der Waals surface area (Å²) in [5.74, 6) is 0.409. The van der Waals surface area contributed by atoms with Crippen molar-refractivity contribution >= 4 is 33.4 Å². The van der Waals surface area contributed by atoms with Crippen LogP contribution in [-0.4, -0.2) is 35.9 Å². The summed E-state index contributed by atoms with van der Waals surface area (Å²) in [5, 5.41) is 3.13. The minimum Gasteiger partial charge on any atom is -0.497 e. The van der Waals surface area contributed by atoms with Crippen molar-refractivity contribution in [3.63, 3.8) is 0 Å². The maximum Gasteiger partial charge on any atom is 0.252 e. The standard InChI is InChI=1S/C15H19BrN2O3/c1-4-9(2)18-14(19)8-13(15(18)20)17-12-7-10(21-3)5-6-11(12)16/h5-7,9,13,17H,4,8H2,1-3H3. The van der Waals surface area contributed by atoms with E-state index in [0.717, 1.165) is 16.6 Å². The summed E-state index contributed by atoms with van der Waals surface area (Å²) in [7, 11) is 1.59. The smallest absolute Gasteiger partial charge is 0.252 e. The average molecular weight is 355 g/mol. The van der Waals surface area contributed by atoms with Crippen molar-refractivity contribution in [2.75, 3.05) is 12.4 Å². The molecule has 21 heavy (non-hydrogen) atoms. The van der Waals surface area contributed by atoms with Crippen molar-refractivity contribution in [3.8, 4) is 5.75 Å². The highest BCUT2D eigenvalue weighted by Gasteiger charge is 2.40. The van der Waals surface area contributed by atoms with Gasteiger partial charge >= 0.3 is 0 Å². The van der Waals surface area contributed by atoms with E-state index in [0.29, 0.717) is 5.75 Å². The number of benzene rings is 1. The predicted octanol–water partition coefficient (Wildman–Crippen LogP) is 2.80. The van der Waals surface area contributed by atoms with Gasteiger partial charge in [0.05, 0.1) is 19.2 Å². The largest absolute Gasteiger partial charge is 0.497 e. The van der Waals surface area contributed by atoms with Crippen LogP contribution in [0.3, 0.4) is 0 Å². The van der Waals surface area contributed by atoms with Crippen molar-refractivity contribution in [2.24, 2.45) is 0 Å². The summed E-state index contributed by atoms with van der Waals surface area (Å²) in [5.41, 5.74) is 0.742. The molecule has 1 N–H and O–H groups in total. The van der Waals surface area contributed by atoms with Crippen LogP contribution in [0.15, 0.2) is 22.7 Å². The van der Waals surface area contributed by atoms with Crippen LogP contribution in [0.2, 0.25) is 0 Å². The van der Waals surface area contributed by atoms with Gasteiger partial charge in [-0.15, -0.1) is 0 Å². The zero-order valence-electron chi connectivity index (χ0n) is 12.4. The van der Waals surface area contributed by atoms with E-state index < -0.39 is 6.04 Å². The Labute approximate surface area is 132 Å². The van der Waals surface area contributed by atoms with E-state index in [2.05, 4.69) is 21.2 Å². The number of amides is 2. The van der Waals surface area contributed by atoms with E-state index >= 15 is 0 Å². The van der Waals surface area contributed by atoms with Gasteiger partial charge in [-0.1, -0.05) is 6.92 Å². The van der Waals surface area contributed by atoms with E-state index in [1.165, 1.54) is 4.90 Å². The molecule has 0 aromatic heterocycles. The molecular formula is C15H19BrN2O3. The van der Waals surface area contributed by atoms with Crippen LogP contribution < -0.4 is 10.1 Å². The van der Waals surface area contributed by atoms with Crippen LogP contribution in [0, 0.1) is 0 Å². The SMILES string of the molecule is CCC(C)N1C(=O)CC(Nc2cc(OC)ccc2Br)C1=O. The summed E-state index contributed by atoms with van der Waals surface area (Å²) < 4.78 is 6.00. The molecule has 1 heterocycles. The molecular weight excluding hydrogens is 336 g/mol. The lowest BCUT2D eigenvalue weighted by Gasteiger charge is -2.22. The maximum absolute atomic E-state index is 12.4. The Bertz CT molecular complexity index is 562. The number of anilines is 1. The van der Waals surface area contributed by atoms with Crippen LogP contribution >= 0.6 is 15.9 Å². The Kier molecular flexibility index (Phi) is 4.88. The number of imide groups is 1. The fourth-order valence-corrected chi connectivity index (χ4v) is 2.70. The molecule has 1 aliphatic rings. The minimum atomic E-state index is -0.519. The van der Waals surface area contributed by atoms with Gasteiger partial charge in [0.2, 0.25) is 5.91 Å². The number of nitrogens with zero attached hydrogens (tertiary/aromatic N) is 1. The molecule has 6 heteroatoms. The molecule has 0 aliphatic carbocycles. The van der Waals surface area contributed by atoms with Crippen LogP contribution in [-0.2, 0) is 9.59 Å². The lowest BCUT2D eigenvalue weighted by Crippen LogP contribution is -2.40. The molecule has 1 fully saturated rings. The van der Waals surface area contributed by atoms with Crippen molar-refractivity contribution in [2.45, 2.75) is 38.8 Å². The van der Waals surface area contributed by atoms with E-state index in [1.807, 2.05) is 26.0 Å². The molecule has 2 amide bonds. The van der Waals surface area contributed by atoms with Gasteiger partial charge in [0.1, 0.15) is 11.8 Å². The van der Waals surface area contributed by atoms with Crippen LogP contribution in [0.25, 0.3) is 0 Å².